The monoisotopic (exact) mass is 504 g/mol. The summed E-state index contributed by atoms with van der Waals surface area (Å²) in [7, 11) is 0. The van der Waals surface area contributed by atoms with E-state index in [1.54, 1.807) is 36.4 Å². The second kappa shape index (κ2) is 11.1. The first-order chi connectivity index (χ1) is 18.0. The molecule has 3 aromatic rings. The molecule has 5 rings (SSSR count). The predicted molar refractivity (Wildman–Crippen MR) is 143 cm³/mol. The van der Waals surface area contributed by atoms with Crippen LogP contribution in [0, 0.1) is 35.1 Å². The highest BCUT2D eigenvalue weighted by Gasteiger charge is 2.27. The zero-order chi connectivity index (χ0) is 25.9. The minimum atomic E-state index is -0.930. The number of benzene rings is 3. The summed E-state index contributed by atoms with van der Waals surface area (Å²) < 4.78 is 59.4. The van der Waals surface area contributed by atoms with Crippen LogP contribution < -0.4 is 0 Å². The first-order valence-electron chi connectivity index (χ1n) is 13.3. The molecule has 0 saturated heterocycles. The largest absolute Gasteiger partial charge is 0.203 e. The van der Waals surface area contributed by atoms with Gasteiger partial charge in [-0.05, 0) is 59.8 Å². The van der Waals surface area contributed by atoms with E-state index in [0.717, 1.165) is 30.8 Å². The first-order valence-corrected chi connectivity index (χ1v) is 13.3. The van der Waals surface area contributed by atoms with Crippen LogP contribution in [0.5, 0.6) is 0 Å². The molecule has 0 radical (unpaired) electrons. The molecule has 192 valence electrons. The van der Waals surface area contributed by atoms with Crippen molar-refractivity contribution in [2.75, 3.05) is 0 Å². The summed E-state index contributed by atoms with van der Waals surface area (Å²) >= 11 is 0. The quantitative estimate of drug-likeness (QED) is 0.231. The van der Waals surface area contributed by atoms with E-state index >= 15 is 8.78 Å². The van der Waals surface area contributed by atoms with Crippen LogP contribution in [-0.4, -0.2) is 0 Å². The molecule has 2 aliphatic carbocycles. The molecule has 0 spiro atoms. The Labute approximate surface area is 216 Å². The van der Waals surface area contributed by atoms with Gasteiger partial charge in [-0.1, -0.05) is 92.8 Å². The molecule has 0 bridgehead atoms. The van der Waals surface area contributed by atoms with E-state index in [4.69, 9.17) is 0 Å². The number of halogens is 4. The molecule has 4 heteroatoms. The molecule has 0 N–H and O–H groups in total. The molecule has 1 unspecified atom stereocenters. The van der Waals surface area contributed by atoms with Gasteiger partial charge in [0.2, 0.25) is 0 Å². The van der Waals surface area contributed by atoms with E-state index in [0.29, 0.717) is 22.6 Å². The van der Waals surface area contributed by atoms with Crippen LogP contribution in [0.25, 0.3) is 27.8 Å². The lowest BCUT2D eigenvalue weighted by atomic mass is 9.73. The van der Waals surface area contributed by atoms with E-state index in [-0.39, 0.29) is 23.1 Å². The molecule has 0 aliphatic heterocycles. The summed E-state index contributed by atoms with van der Waals surface area (Å²) in [5.74, 6) is -2.10. The Balaban J connectivity index is 1.35. The van der Waals surface area contributed by atoms with Crippen LogP contribution in [-0.2, 0) is 6.42 Å². The predicted octanol–water partition coefficient (Wildman–Crippen LogP) is 10.1. The molecule has 0 aromatic heterocycles. The van der Waals surface area contributed by atoms with Crippen molar-refractivity contribution in [1.82, 2.24) is 0 Å². The summed E-state index contributed by atoms with van der Waals surface area (Å²) in [4.78, 5) is 0. The summed E-state index contributed by atoms with van der Waals surface area (Å²) in [5.41, 5.74) is 2.68. The lowest BCUT2D eigenvalue weighted by Gasteiger charge is -2.32. The van der Waals surface area contributed by atoms with E-state index < -0.39 is 23.3 Å². The number of hydrogen-bond donors (Lipinski definition) is 0. The van der Waals surface area contributed by atoms with E-state index in [1.807, 2.05) is 0 Å². The zero-order valence-corrected chi connectivity index (χ0v) is 21.0. The van der Waals surface area contributed by atoms with Crippen LogP contribution in [0.3, 0.4) is 0 Å². The number of hydrogen-bond acceptors (Lipinski definition) is 0. The minimum Gasteiger partial charge on any atom is -0.203 e. The molecular weight excluding hydrogens is 472 g/mol. The highest BCUT2D eigenvalue weighted by molar-refractivity contribution is 5.74. The van der Waals surface area contributed by atoms with Gasteiger partial charge in [-0.3, -0.25) is 0 Å². The molecule has 3 aromatic carbocycles. The van der Waals surface area contributed by atoms with Crippen molar-refractivity contribution in [1.29, 1.82) is 0 Å². The van der Waals surface area contributed by atoms with Gasteiger partial charge >= 0.3 is 0 Å². The molecule has 1 fully saturated rings. The highest BCUT2D eigenvalue weighted by Crippen LogP contribution is 2.41. The highest BCUT2D eigenvalue weighted by atomic mass is 19.2. The van der Waals surface area contributed by atoms with Crippen molar-refractivity contribution in [3.05, 3.63) is 102 Å². The first kappa shape index (κ1) is 25.5. The Kier molecular flexibility index (Phi) is 7.64. The Hall–Kier alpha value is -3.14. The topological polar surface area (TPSA) is 0 Å². The van der Waals surface area contributed by atoms with Crippen molar-refractivity contribution in [2.24, 2.45) is 11.8 Å². The Bertz CT molecular complexity index is 1310. The Morgan fingerprint density at radius 1 is 0.649 bits per heavy atom. The SMILES string of the molecule is C=CCc1ccc(-c2ccc(-c3ccc(C4=CCC(C5CCCCC5)CC4)c(F)c3F)cc2)c(F)c1F. The number of allylic oxidation sites excluding steroid dienone is 3. The van der Waals surface area contributed by atoms with Crippen LogP contribution in [0.1, 0.15) is 62.5 Å². The maximum absolute atomic E-state index is 15.2. The lowest BCUT2D eigenvalue weighted by Crippen LogP contribution is -2.19. The van der Waals surface area contributed by atoms with Crippen LogP contribution >= 0.6 is 0 Å². The van der Waals surface area contributed by atoms with Gasteiger partial charge in [0.25, 0.3) is 0 Å². The fourth-order valence-electron chi connectivity index (χ4n) is 6.11. The average Bonchev–Trinajstić information content (AvgIpc) is 2.94. The van der Waals surface area contributed by atoms with Crippen LogP contribution in [0.4, 0.5) is 17.6 Å². The molecule has 2 aliphatic rings. The molecule has 37 heavy (non-hydrogen) atoms. The molecule has 0 nitrogen and oxygen atoms in total. The summed E-state index contributed by atoms with van der Waals surface area (Å²) in [5, 5.41) is 0. The molecule has 0 heterocycles. The fourth-order valence-corrected chi connectivity index (χ4v) is 6.11. The van der Waals surface area contributed by atoms with E-state index in [1.165, 1.54) is 50.3 Å². The molecule has 0 amide bonds. The van der Waals surface area contributed by atoms with Gasteiger partial charge in [0.05, 0.1) is 0 Å². The molecular formula is C33H32F4. The maximum Gasteiger partial charge on any atom is 0.167 e. The van der Waals surface area contributed by atoms with Gasteiger partial charge in [0, 0.05) is 16.7 Å². The van der Waals surface area contributed by atoms with Gasteiger partial charge in [0.1, 0.15) is 0 Å². The standard InChI is InChI=1S/C33H32F4/c1-2-6-26-17-18-27(31(35)30(26)34)24-13-15-25(16-14-24)29-20-19-28(32(36)33(29)37)23-11-9-22(10-12-23)21-7-4-3-5-8-21/h2,11,13-22H,1,3-10,12H2. The Morgan fingerprint density at radius 2 is 1.22 bits per heavy atom. The van der Waals surface area contributed by atoms with Gasteiger partial charge in [-0.25, -0.2) is 17.6 Å². The summed E-state index contributed by atoms with van der Waals surface area (Å²) in [6, 6.07) is 12.8. The second-order valence-electron chi connectivity index (χ2n) is 10.4. The van der Waals surface area contributed by atoms with Gasteiger partial charge in [-0.15, -0.1) is 6.58 Å². The normalized spacial score (nSPS) is 18.5. The van der Waals surface area contributed by atoms with Crippen molar-refractivity contribution < 1.29 is 17.6 Å². The fraction of sp³-hybridized carbons (Fsp3) is 0.333. The van der Waals surface area contributed by atoms with E-state index in [2.05, 4.69) is 12.7 Å². The third-order valence-electron chi connectivity index (χ3n) is 8.23. The van der Waals surface area contributed by atoms with Crippen molar-refractivity contribution in [2.45, 2.75) is 57.8 Å². The van der Waals surface area contributed by atoms with Gasteiger partial charge in [-0.2, -0.15) is 0 Å². The third kappa shape index (κ3) is 5.16. The second-order valence-corrected chi connectivity index (χ2v) is 10.4. The molecule has 1 atom stereocenters. The summed E-state index contributed by atoms with van der Waals surface area (Å²) in [6.07, 6.45) is 13.2. The van der Waals surface area contributed by atoms with Gasteiger partial charge in [0.15, 0.2) is 23.3 Å². The smallest absolute Gasteiger partial charge is 0.167 e. The van der Waals surface area contributed by atoms with Crippen molar-refractivity contribution in [3.63, 3.8) is 0 Å². The average molecular weight is 505 g/mol. The van der Waals surface area contributed by atoms with Crippen molar-refractivity contribution in [3.8, 4) is 22.3 Å². The third-order valence-corrected chi connectivity index (χ3v) is 8.23. The van der Waals surface area contributed by atoms with Crippen LogP contribution in [0.15, 0.2) is 67.3 Å². The number of rotatable bonds is 6. The van der Waals surface area contributed by atoms with Crippen LogP contribution in [0.2, 0.25) is 0 Å². The van der Waals surface area contributed by atoms with Crippen molar-refractivity contribution >= 4 is 5.57 Å². The molecule has 1 saturated carbocycles. The van der Waals surface area contributed by atoms with E-state index in [9.17, 15) is 8.78 Å². The minimum absolute atomic E-state index is 0.120. The zero-order valence-electron chi connectivity index (χ0n) is 21.0. The maximum atomic E-state index is 15.2. The van der Waals surface area contributed by atoms with Gasteiger partial charge < -0.3 is 0 Å². The lowest BCUT2D eigenvalue weighted by molar-refractivity contribution is 0.235. The summed E-state index contributed by atoms with van der Waals surface area (Å²) in [6.45, 7) is 3.56. The Morgan fingerprint density at radius 3 is 1.81 bits per heavy atom.